The highest BCUT2D eigenvalue weighted by Crippen LogP contribution is 2.24. The highest BCUT2D eigenvalue weighted by molar-refractivity contribution is 7.80. The number of carbonyl (C=O) groups is 1. The summed E-state index contributed by atoms with van der Waals surface area (Å²) in [6, 6.07) is 5.98. The van der Waals surface area contributed by atoms with E-state index in [0.717, 1.165) is 16.8 Å². The van der Waals surface area contributed by atoms with Crippen molar-refractivity contribution in [2.45, 2.75) is 33.7 Å². The Morgan fingerprint density at radius 2 is 2.10 bits per heavy atom. The number of esters is 1. The Hall–Kier alpha value is -1.62. The van der Waals surface area contributed by atoms with Crippen LogP contribution in [-0.4, -0.2) is 30.2 Å². The molecule has 0 aromatic heterocycles. The molecule has 0 amide bonds. The van der Waals surface area contributed by atoms with Crippen LogP contribution in [-0.2, 0) is 9.53 Å². The lowest BCUT2D eigenvalue weighted by Gasteiger charge is -2.30. The van der Waals surface area contributed by atoms with Crippen molar-refractivity contribution in [1.82, 2.24) is 0 Å². The molecule has 0 saturated heterocycles. The molecule has 1 aromatic rings. The predicted molar refractivity (Wildman–Crippen MR) is 86.2 cm³/mol. The second-order valence-electron chi connectivity index (χ2n) is 4.91. The van der Waals surface area contributed by atoms with E-state index in [1.54, 1.807) is 6.92 Å². The van der Waals surface area contributed by atoms with Gasteiger partial charge in [0.1, 0.15) is 11.5 Å². The largest absolute Gasteiger partial charge is 0.465 e. The molecule has 2 N–H and O–H groups in total. The third-order valence-corrected chi connectivity index (χ3v) is 3.18. The van der Waals surface area contributed by atoms with Gasteiger partial charge in [-0.1, -0.05) is 18.3 Å². The molecule has 0 aliphatic rings. The Labute approximate surface area is 125 Å². The molecule has 0 radical (unpaired) electrons. The summed E-state index contributed by atoms with van der Waals surface area (Å²) in [5.41, 5.74) is 8.53. The van der Waals surface area contributed by atoms with Gasteiger partial charge in [0.05, 0.1) is 6.61 Å². The van der Waals surface area contributed by atoms with Crippen LogP contribution >= 0.6 is 12.2 Å². The van der Waals surface area contributed by atoms with Crippen molar-refractivity contribution < 1.29 is 9.53 Å². The van der Waals surface area contributed by atoms with Crippen LogP contribution in [0.4, 0.5) is 5.69 Å². The number of carbonyl (C=O) groups excluding carboxylic acids is 1. The first-order chi connectivity index (χ1) is 9.36. The van der Waals surface area contributed by atoms with Crippen LogP contribution in [0.5, 0.6) is 0 Å². The molecule has 0 aliphatic carbocycles. The Morgan fingerprint density at radius 3 is 2.60 bits per heavy atom. The molecule has 0 fully saturated rings. The van der Waals surface area contributed by atoms with Gasteiger partial charge in [-0.15, -0.1) is 0 Å². The zero-order chi connectivity index (χ0) is 15.3. The van der Waals surface area contributed by atoms with E-state index in [0.29, 0.717) is 11.6 Å². The van der Waals surface area contributed by atoms with Gasteiger partial charge in [0.25, 0.3) is 0 Å². The minimum absolute atomic E-state index is 0.134. The van der Waals surface area contributed by atoms with E-state index in [-0.39, 0.29) is 18.6 Å². The lowest BCUT2D eigenvalue weighted by atomic mass is 10.1. The van der Waals surface area contributed by atoms with Crippen LogP contribution in [0.25, 0.3) is 0 Å². The van der Waals surface area contributed by atoms with Crippen molar-refractivity contribution in [3.63, 3.8) is 0 Å². The maximum atomic E-state index is 11.8. The lowest BCUT2D eigenvalue weighted by molar-refractivity contribution is -0.141. The summed E-state index contributed by atoms with van der Waals surface area (Å²) in [6.07, 6.45) is 0. The maximum absolute atomic E-state index is 11.8. The number of hydrogen-bond donors (Lipinski definition) is 1. The maximum Gasteiger partial charge on any atom is 0.325 e. The van der Waals surface area contributed by atoms with Crippen molar-refractivity contribution in [2.24, 2.45) is 5.73 Å². The summed E-state index contributed by atoms with van der Waals surface area (Å²) < 4.78 is 5.03. The van der Waals surface area contributed by atoms with Gasteiger partial charge in [-0.05, 0) is 45.4 Å². The van der Waals surface area contributed by atoms with Gasteiger partial charge >= 0.3 is 5.97 Å². The number of ether oxygens (including phenoxy) is 1. The normalized spacial score (nSPS) is 10.4. The first-order valence-electron chi connectivity index (χ1n) is 6.69. The number of benzene rings is 1. The van der Waals surface area contributed by atoms with Crippen LogP contribution in [0.1, 0.15) is 31.9 Å². The van der Waals surface area contributed by atoms with Gasteiger partial charge in [0.2, 0.25) is 0 Å². The lowest BCUT2D eigenvalue weighted by Crippen LogP contribution is -2.38. The third-order valence-electron chi connectivity index (χ3n) is 2.96. The van der Waals surface area contributed by atoms with Crippen LogP contribution < -0.4 is 10.6 Å². The highest BCUT2D eigenvalue weighted by Gasteiger charge is 2.19. The Morgan fingerprint density at radius 1 is 1.45 bits per heavy atom. The predicted octanol–water partition coefficient (Wildman–Crippen LogP) is 2.41. The second kappa shape index (κ2) is 7.24. The van der Waals surface area contributed by atoms with Gasteiger partial charge in [-0.2, -0.15) is 0 Å². The molecule has 110 valence electrons. The quantitative estimate of drug-likeness (QED) is 0.645. The van der Waals surface area contributed by atoms with Gasteiger partial charge in [0.15, 0.2) is 0 Å². The summed E-state index contributed by atoms with van der Waals surface area (Å²) in [7, 11) is 0. The van der Waals surface area contributed by atoms with Gasteiger partial charge in [0, 0.05) is 17.3 Å². The molecule has 0 saturated carbocycles. The number of rotatable bonds is 6. The fourth-order valence-electron chi connectivity index (χ4n) is 1.98. The van der Waals surface area contributed by atoms with Crippen molar-refractivity contribution in [3.05, 3.63) is 29.3 Å². The minimum atomic E-state index is -0.253. The topological polar surface area (TPSA) is 55.6 Å². The fourth-order valence-corrected chi connectivity index (χ4v) is 2.15. The Kier molecular flexibility index (Phi) is 5.95. The number of anilines is 1. The van der Waals surface area contributed by atoms with Crippen LogP contribution in [0.3, 0.4) is 0 Å². The summed E-state index contributed by atoms with van der Waals surface area (Å²) in [5.74, 6) is -0.253. The highest BCUT2D eigenvalue weighted by atomic mass is 32.1. The van der Waals surface area contributed by atoms with E-state index in [9.17, 15) is 4.79 Å². The smallest absolute Gasteiger partial charge is 0.325 e. The molecular weight excluding hydrogens is 272 g/mol. The van der Waals surface area contributed by atoms with E-state index in [1.807, 2.05) is 43.9 Å². The Bertz CT molecular complexity index is 501. The zero-order valence-electron chi connectivity index (χ0n) is 12.5. The number of nitrogens with zero attached hydrogens (tertiary/aromatic N) is 1. The van der Waals surface area contributed by atoms with Crippen molar-refractivity contribution in [2.75, 3.05) is 18.1 Å². The molecule has 0 bridgehead atoms. The molecule has 0 heterocycles. The summed E-state index contributed by atoms with van der Waals surface area (Å²) in [6.45, 7) is 8.39. The standard InChI is InChI=1S/C15H22N2O2S/c1-5-19-14(18)9-17(10(2)3)13-8-11(4)6-7-12(13)15(16)20/h6-8,10H,5,9H2,1-4H3,(H2,16,20). The minimum Gasteiger partial charge on any atom is -0.465 e. The molecule has 0 atom stereocenters. The zero-order valence-corrected chi connectivity index (χ0v) is 13.3. The van der Waals surface area contributed by atoms with E-state index < -0.39 is 0 Å². The number of thiocarbonyl (C=S) groups is 1. The number of aryl methyl sites for hydroxylation is 1. The van der Waals surface area contributed by atoms with Gasteiger partial charge in [-0.3, -0.25) is 4.79 Å². The molecule has 4 nitrogen and oxygen atoms in total. The van der Waals surface area contributed by atoms with Crippen LogP contribution in [0, 0.1) is 6.92 Å². The van der Waals surface area contributed by atoms with Crippen LogP contribution in [0.2, 0.25) is 0 Å². The summed E-state index contributed by atoms with van der Waals surface area (Å²) in [4.78, 5) is 14.1. The third kappa shape index (κ3) is 4.20. The van der Waals surface area contributed by atoms with Gasteiger partial charge < -0.3 is 15.4 Å². The number of nitrogens with two attached hydrogens (primary N) is 1. The molecule has 1 rings (SSSR count). The van der Waals surface area contributed by atoms with E-state index in [4.69, 9.17) is 22.7 Å². The van der Waals surface area contributed by atoms with E-state index in [2.05, 4.69) is 0 Å². The van der Waals surface area contributed by atoms with Crippen molar-refractivity contribution >= 4 is 28.9 Å². The van der Waals surface area contributed by atoms with Crippen molar-refractivity contribution in [3.8, 4) is 0 Å². The first-order valence-corrected chi connectivity index (χ1v) is 7.10. The van der Waals surface area contributed by atoms with E-state index >= 15 is 0 Å². The monoisotopic (exact) mass is 294 g/mol. The average molecular weight is 294 g/mol. The summed E-state index contributed by atoms with van der Waals surface area (Å²) in [5, 5.41) is 0. The molecule has 0 unspecified atom stereocenters. The molecule has 20 heavy (non-hydrogen) atoms. The van der Waals surface area contributed by atoms with E-state index in [1.165, 1.54) is 0 Å². The van der Waals surface area contributed by atoms with Crippen LogP contribution in [0.15, 0.2) is 18.2 Å². The number of hydrogen-bond acceptors (Lipinski definition) is 4. The molecule has 0 spiro atoms. The second-order valence-corrected chi connectivity index (χ2v) is 5.35. The van der Waals surface area contributed by atoms with Crippen molar-refractivity contribution in [1.29, 1.82) is 0 Å². The molecular formula is C15H22N2O2S. The molecule has 1 aromatic carbocycles. The first kappa shape index (κ1) is 16.4. The summed E-state index contributed by atoms with van der Waals surface area (Å²) >= 11 is 5.10. The Balaban J connectivity index is 3.17. The average Bonchev–Trinajstić information content (AvgIpc) is 2.35. The molecule has 5 heteroatoms. The molecule has 0 aliphatic heterocycles. The SMILES string of the molecule is CCOC(=O)CN(c1cc(C)ccc1C(N)=S)C(C)C. The fraction of sp³-hybridized carbons (Fsp3) is 0.467. The van der Waals surface area contributed by atoms with Gasteiger partial charge in [-0.25, -0.2) is 0 Å².